The normalized spacial score (nSPS) is 12.1. The van der Waals surface area contributed by atoms with Gasteiger partial charge in [0.1, 0.15) is 6.10 Å². The van der Waals surface area contributed by atoms with Crippen molar-refractivity contribution in [3.63, 3.8) is 0 Å². The molecule has 0 aliphatic carbocycles. The second-order valence-corrected chi connectivity index (χ2v) is 14.1. The Morgan fingerprint density at radius 2 is 0.920 bits per heavy atom. The van der Waals surface area contributed by atoms with Crippen LogP contribution in [-0.2, 0) is 28.6 Å². The first kappa shape index (κ1) is 48.1. The zero-order valence-electron chi connectivity index (χ0n) is 32.9. The maximum atomic E-state index is 12.6. The number of carbonyl (C=O) groups excluding carboxylic acids is 3. The minimum atomic E-state index is -0.516. The number of aliphatic hydroxyl groups is 1. The van der Waals surface area contributed by atoms with Gasteiger partial charge in [-0.3, -0.25) is 4.79 Å². The largest absolute Gasteiger partial charge is 0.463 e. The highest BCUT2D eigenvalue weighted by Crippen LogP contribution is 2.18. The maximum Gasteiger partial charge on any atom is 0.331 e. The van der Waals surface area contributed by atoms with E-state index in [2.05, 4.69) is 25.7 Å². The summed E-state index contributed by atoms with van der Waals surface area (Å²) in [5, 5.41) is 9.51. The van der Waals surface area contributed by atoms with Crippen LogP contribution in [0.2, 0.25) is 0 Å². The predicted molar refractivity (Wildman–Crippen MR) is 206 cm³/mol. The maximum absolute atomic E-state index is 12.6. The molecule has 0 saturated carbocycles. The molecule has 0 saturated heterocycles. The van der Waals surface area contributed by atoms with E-state index in [0.29, 0.717) is 26.2 Å². The highest BCUT2D eigenvalue weighted by molar-refractivity contribution is 5.91. The first-order chi connectivity index (χ1) is 24.5. The molecule has 0 heterocycles. The molecule has 1 N–H and O–H groups in total. The number of unbranched alkanes of at least 4 members (excludes halogenated alkanes) is 19. The third-order valence-corrected chi connectivity index (χ3v) is 9.29. The van der Waals surface area contributed by atoms with Gasteiger partial charge >= 0.3 is 17.9 Å². The van der Waals surface area contributed by atoms with Crippen molar-refractivity contribution >= 4 is 17.9 Å². The Kier molecular flexibility index (Phi) is 36.8. The number of esters is 3. The molecule has 1 atom stereocenters. The number of ether oxygens (including phenoxy) is 3. The van der Waals surface area contributed by atoms with Crippen LogP contribution in [0.4, 0.5) is 0 Å². The molecule has 0 aliphatic heterocycles. The summed E-state index contributed by atoms with van der Waals surface area (Å²) in [6.07, 6.45) is 32.1. The van der Waals surface area contributed by atoms with Crippen LogP contribution in [0.3, 0.4) is 0 Å². The molecule has 0 amide bonds. The molecule has 0 aromatic heterocycles. The summed E-state index contributed by atoms with van der Waals surface area (Å²) < 4.78 is 16.2. The lowest BCUT2D eigenvalue weighted by Gasteiger charge is -2.21. The van der Waals surface area contributed by atoms with E-state index in [4.69, 9.17) is 14.2 Å². The van der Waals surface area contributed by atoms with Crippen molar-refractivity contribution < 1.29 is 33.7 Å². The summed E-state index contributed by atoms with van der Waals surface area (Å²) in [6, 6.07) is 0. The van der Waals surface area contributed by atoms with Crippen LogP contribution in [0.15, 0.2) is 12.2 Å². The molecule has 294 valence electrons. The lowest BCUT2D eigenvalue weighted by Crippen LogP contribution is -2.29. The first-order valence-corrected chi connectivity index (χ1v) is 21.0. The van der Waals surface area contributed by atoms with Gasteiger partial charge in [-0.25, -0.2) is 9.59 Å². The van der Waals surface area contributed by atoms with Gasteiger partial charge in [0.15, 0.2) is 0 Å². The van der Waals surface area contributed by atoms with Crippen LogP contribution in [0, 0.1) is 0 Å². The van der Waals surface area contributed by atoms with Gasteiger partial charge in [0, 0.05) is 25.1 Å². The zero-order valence-corrected chi connectivity index (χ0v) is 32.9. The standard InChI is InChI=1S/C42H79NO7/c1-4-7-10-13-16-22-29-39(28-21-15-11-8-5-2)50-42(47)30-23-17-14-18-24-33-43(35-36-44)34-25-19-20-27-38-49-41(46)32-31-40(45)48-37-26-12-9-6-3/h31-32,39,44H,4-30,33-38H2,1-3H3/b32-31+. The van der Waals surface area contributed by atoms with Gasteiger partial charge in [0.25, 0.3) is 0 Å². The monoisotopic (exact) mass is 710 g/mol. The van der Waals surface area contributed by atoms with Crippen LogP contribution in [-0.4, -0.2) is 73.5 Å². The number of carbonyl (C=O) groups is 3. The molecule has 1 unspecified atom stereocenters. The third-order valence-electron chi connectivity index (χ3n) is 9.29. The molecule has 8 nitrogen and oxygen atoms in total. The average molecular weight is 710 g/mol. The SMILES string of the molecule is CCCCCCCCC(CCCCCCC)OC(=O)CCCCCCCN(CCO)CCCCCCOC(=O)/C=C/C(=O)OCCCCCC. The minimum Gasteiger partial charge on any atom is -0.463 e. The first-order valence-electron chi connectivity index (χ1n) is 21.0. The molecule has 0 spiro atoms. The van der Waals surface area contributed by atoms with Crippen molar-refractivity contribution in [2.24, 2.45) is 0 Å². The Morgan fingerprint density at radius 3 is 1.40 bits per heavy atom. The molecule has 0 fully saturated rings. The van der Waals surface area contributed by atoms with Crippen molar-refractivity contribution in [2.75, 3.05) is 39.5 Å². The van der Waals surface area contributed by atoms with E-state index in [-0.39, 0.29) is 18.7 Å². The Bertz CT molecular complexity index is 803. The van der Waals surface area contributed by atoms with Crippen LogP contribution in [0.25, 0.3) is 0 Å². The molecule has 8 heteroatoms. The highest BCUT2D eigenvalue weighted by Gasteiger charge is 2.14. The Labute approximate surface area is 307 Å². The smallest absolute Gasteiger partial charge is 0.331 e. The Balaban J connectivity index is 4.01. The van der Waals surface area contributed by atoms with E-state index in [1.54, 1.807) is 0 Å². The quantitative estimate of drug-likeness (QED) is 0.0292. The van der Waals surface area contributed by atoms with Gasteiger partial charge in [-0.05, 0) is 70.9 Å². The van der Waals surface area contributed by atoms with Gasteiger partial charge in [0.05, 0.1) is 19.8 Å². The number of hydrogen-bond acceptors (Lipinski definition) is 8. The van der Waals surface area contributed by atoms with E-state index in [1.165, 1.54) is 64.2 Å². The Morgan fingerprint density at radius 1 is 0.520 bits per heavy atom. The number of rotatable bonds is 38. The summed E-state index contributed by atoms with van der Waals surface area (Å²) in [6.45, 7) is 10.1. The predicted octanol–water partition coefficient (Wildman–Crippen LogP) is 10.4. The Hall–Kier alpha value is -1.93. The lowest BCUT2D eigenvalue weighted by atomic mass is 10.0. The molecule has 0 aromatic rings. The number of hydrogen-bond donors (Lipinski definition) is 1. The molecule has 0 rings (SSSR count). The summed E-state index contributed by atoms with van der Waals surface area (Å²) >= 11 is 0. The average Bonchev–Trinajstić information content (AvgIpc) is 3.10. The second kappa shape index (κ2) is 38.3. The topological polar surface area (TPSA) is 102 Å². The van der Waals surface area contributed by atoms with Gasteiger partial charge in [0.2, 0.25) is 0 Å². The van der Waals surface area contributed by atoms with Gasteiger partial charge in [-0.1, -0.05) is 130 Å². The van der Waals surface area contributed by atoms with Crippen molar-refractivity contribution in [2.45, 2.75) is 200 Å². The summed E-state index contributed by atoms with van der Waals surface area (Å²) in [5.74, 6) is -1.03. The molecule has 50 heavy (non-hydrogen) atoms. The van der Waals surface area contributed by atoms with Gasteiger partial charge in [-0.2, -0.15) is 0 Å². The number of aliphatic hydroxyl groups excluding tert-OH is 1. The van der Waals surface area contributed by atoms with Crippen molar-refractivity contribution in [3.05, 3.63) is 12.2 Å². The third kappa shape index (κ3) is 34.5. The second-order valence-electron chi connectivity index (χ2n) is 14.1. The van der Waals surface area contributed by atoms with E-state index in [9.17, 15) is 19.5 Å². The molecule has 0 radical (unpaired) electrons. The fourth-order valence-electron chi connectivity index (χ4n) is 6.14. The zero-order chi connectivity index (χ0) is 36.8. The van der Waals surface area contributed by atoms with E-state index < -0.39 is 11.9 Å². The van der Waals surface area contributed by atoms with E-state index >= 15 is 0 Å². The van der Waals surface area contributed by atoms with Gasteiger partial charge in [-0.15, -0.1) is 0 Å². The van der Waals surface area contributed by atoms with Crippen LogP contribution >= 0.6 is 0 Å². The molecular weight excluding hydrogens is 630 g/mol. The fourth-order valence-corrected chi connectivity index (χ4v) is 6.14. The van der Waals surface area contributed by atoms with Crippen molar-refractivity contribution in [1.29, 1.82) is 0 Å². The van der Waals surface area contributed by atoms with Crippen molar-refractivity contribution in [1.82, 2.24) is 4.90 Å². The van der Waals surface area contributed by atoms with E-state index in [0.717, 1.165) is 128 Å². The molecule has 0 aliphatic rings. The summed E-state index contributed by atoms with van der Waals surface area (Å²) in [4.78, 5) is 38.4. The number of nitrogens with zero attached hydrogens (tertiary/aromatic N) is 1. The fraction of sp³-hybridized carbons (Fsp3) is 0.881. The van der Waals surface area contributed by atoms with Crippen LogP contribution in [0.5, 0.6) is 0 Å². The molecule has 0 bridgehead atoms. The van der Waals surface area contributed by atoms with Crippen LogP contribution in [0.1, 0.15) is 194 Å². The molecule has 0 aromatic carbocycles. The molecular formula is C42H79NO7. The summed E-state index contributed by atoms with van der Waals surface area (Å²) in [7, 11) is 0. The van der Waals surface area contributed by atoms with Crippen molar-refractivity contribution in [3.8, 4) is 0 Å². The van der Waals surface area contributed by atoms with E-state index in [1.807, 2.05) is 0 Å². The van der Waals surface area contributed by atoms with Gasteiger partial charge < -0.3 is 24.2 Å². The lowest BCUT2D eigenvalue weighted by molar-refractivity contribution is -0.150. The summed E-state index contributed by atoms with van der Waals surface area (Å²) in [5.41, 5.74) is 0. The minimum absolute atomic E-state index is 0.0101. The van der Waals surface area contributed by atoms with Crippen LogP contribution < -0.4 is 0 Å². The highest BCUT2D eigenvalue weighted by atomic mass is 16.5.